The van der Waals surface area contributed by atoms with E-state index in [-0.39, 0.29) is 24.1 Å². The number of imide groups is 1. The molecule has 176 valence electrons. The van der Waals surface area contributed by atoms with E-state index in [1.165, 1.54) is 18.4 Å². The minimum atomic E-state index is -0.571. The molecule has 0 bridgehead atoms. The molecule has 3 amide bonds. The molecular formula is C26H29N5O3. The number of piperidine rings is 2. The number of pyridine rings is 1. The summed E-state index contributed by atoms with van der Waals surface area (Å²) in [7, 11) is 0. The standard InChI is InChI=1S/C26H29N5O3/c32-23-5-4-22(24(33)28-23)31-15-20-19(25(31)34)2-1-3-21(20)30-16-26(17-30)8-12-29(13-9-26)14-18-6-10-27-11-7-18/h1-3,6-7,10-11,22H,4-5,8-9,12-17H2,(H,28,32,33). The number of nitrogens with zero attached hydrogens (tertiary/aromatic N) is 4. The average Bonchev–Trinajstić information content (AvgIpc) is 3.15. The quantitative estimate of drug-likeness (QED) is 0.704. The van der Waals surface area contributed by atoms with E-state index in [4.69, 9.17) is 0 Å². The summed E-state index contributed by atoms with van der Waals surface area (Å²) in [4.78, 5) is 47.7. The molecule has 8 heteroatoms. The monoisotopic (exact) mass is 459 g/mol. The summed E-state index contributed by atoms with van der Waals surface area (Å²) in [6.45, 7) is 5.64. The Hall–Kier alpha value is -3.26. The summed E-state index contributed by atoms with van der Waals surface area (Å²) < 4.78 is 0. The predicted molar refractivity (Wildman–Crippen MR) is 126 cm³/mol. The SMILES string of the molecule is O=C1CCC(N2Cc3c(cccc3N3CC4(CCN(Cc5ccncc5)CC4)C3)C2=O)C(=O)N1. The summed E-state index contributed by atoms with van der Waals surface area (Å²) in [5.41, 5.74) is 4.48. The highest BCUT2D eigenvalue weighted by molar-refractivity contribution is 6.06. The second-order valence-corrected chi connectivity index (χ2v) is 10.2. The third-order valence-electron chi connectivity index (χ3n) is 8.02. The van der Waals surface area contributed by atoms with Crippen molar-refractivity contribution in [3.8, 4) is 0 Å². The normalized spacial score (nSPS) is 24.2. The fourth-order valence-electron chi connectivity index (χ4n) is 6.05. The zero-order valence-corrected chi connectivity index (χ0v) is 19.2. The molecule has 1 atom stereocenters. The van der Waals surface area contributed by atoms with Gasteiger partial charge in [-0.1, -0.05) is 6.07 Å². The number of aromatic nitrogens is 1. The molecule has 2 aromatic rings. The van der Waals surface area contributed by atoms with Crippen LogP contribution in [0.4, 0.5) is 5.69 Å². The molecule has 1 aromatic heterocycles. The summed E-state index contributed by atoms with van der Waals surface area (Å²) in [5.74, 6) is -0.727. The van der Waals surface area contributed by atoms with E-state index in [1.807, 2.05) is 24.5 Å². The summed E-state index contributed by atoms with van der Waals surface area (Å²) in [6.07, 6.45) is 6.75. The maximum Gasteiger partial charge on any atom is 0.255 e. The van der Waals surface area contributed by atoms with E-state index < -0.39 is 6.04 Å². The van der Waals surface area contributed by atoms with Crippen molar-refractivity contribution in [1.29, 1.82) is 0 Å². The molecule has 5 heterocycles. The van der Waals surface area contributed by atoms with E-state index in [1.54, 1.807) is 4.90 Å². The lowest BCUT2D eigenvalue weighted by molar-refractivity contribution is -0.136. The lowest BCUT2D eigenvalue weighted by atomic mass is 9.71. The number of amides is 3. The van der Waals surface area contributed by atoms with Gasteiger partial charge >= 0.3 is 0 Å². The Balaban J connectivity index is 1.11. The number of hydrogen-bond acceptors (Lipinski definition) is 6. The van der Waals surface area contributed by atoms with Gasteiger partial charge in [0, 0.05) is 67.2 Å². The topological polar surface area (TPSA) is 85.9 Å². The summed E-state index contributed by atoms with van der Waals surface area (Å²) >= 11 is 0. The van der Waals surface area contributed by atoms with Gasteiger partial charge in [-0.15, -0.1) is 0 Å². The highest BCUT2D eigenvalue weighted by Gasteiger charge is 2.47. The van der Waals surface area contributed by atoms with Crippen LogP contribution in [0.1, 0.15) is 47.2 Å². The van der Waals surface area contributed by atoms with Crippen LogP contribution in [0, 0.1) is 5.41 Å². The van der Waals surface area contributed by atoms with Gasteiger partial charge in [0.15, 0.2) is 0 Å². The van der Waals surface area contributed by atoms with Crippen molar-refractivity contribution in [3.05, 3.63) is 59.4 Å². The van der Waals surface area contributed by atoms with E-state index >= 15 is 0 Å². The van der Waals surface area contributed by atoms with Crippen LogP contribution in [0.3, 0.4) is 0 Å². The first-order valence-corrected chi connectivity index (χ1v) is 12.1. The van der Waals surface area contributed by atoms with Gasteiger partial charge in [-0.05, 0) is 62.2 Å². The second kappa shape index (κ2) is 8.20. The fourth-order valence-corrected chi connectivity index (χ4v) is 6.05. The minimum Gasteiger partial charge on any atom is -0.370 e. The molecular weight excluding hydrogens is 430 g/mol. The predicted octanol–water partition coefficient (Wildman–Crippen LogP) is 1.95. The largest absolute Gasteiger partial charge is 0.370 e. The van der Waals surface area contributed by atoms with E-state index in [2.05, 4.69) is 38.3 Å². The number of carbonyl (C=O) groups is 3. The average molecular weight is 460 g/mol. The first-order chi connectivity index (χ1) is 16.5. The van der Waals surface area contributed by atoms with Crippen LogP contribution in [0.25, 0.3) is 0 Å². The number of benzene rings is 1. The number of hydrogen-bond donors (Lipinski definition) is 1. The molecule has 0 saturated carbocycles. The summed E-state index contributed by atoms with van der Waals surface area (Å²) in [5, 5.41) is 2.38. The number of likely N-dealkylation sites (tertiary alicyclic amines) is 1. The molecule has 1 aromatic carbocycles. The molecule has 0 aliphatic carbocycles. The van der Waals surface area contributed by atoms with Crippen LogP contribution in [0.5, 0.6) is 0 Å². The van der Waals surface area contributed by atoms with Crippen molar-refractivity contribution in [3.63, 3.8) is 0 Å². The van der Waals surface area contributed by atoms with Gasteiger partial charge < -0.3 is 9.80 Å². The van der Waals surface area contributed by atoms with Crippen molar-refractivity contribution in [2.45, 2.75) is 44.8 Å². The number of rotatable bonds is 4. The van der Waals surface area contributed by atoms with Gasteiger partial charge in [0.2, 0.25) is 11.8 Å². The first kappa shape index (κ1) is 21.3. The molecule has 1 spiro atoms. The molecule has 8 nitrogen and oxygen atoms in total. The highest BCUT2D eigenvalue weighted by Crippen LogP contribution is 2.45. The Morgan fingerprint density at radius 2 is 1.79 bits per heavy atom. The van der Waals surface area contributed by atoms with Crippen molar-refractivity contribution < 1.29 is 14.4 Å². The van der Waals surface area contributed by atoms with Crippen molar-refractivity contribution in [2.75, 3.05) is 31.1 Å². The second-order valence-electron chi connectivity index (χ2n) is 10.2. The molecule has 34 heavy (non-hydrogen) atoms. The van der Waals surface area contributed by atoms with Crippen molar-refractivity contribution in [2.24, 2.45) is 5.41 Å². The van der Waals surface area contributed by atoms with Crippen LogP contribution >= 0.6 is 0 Å². The zero-order chi connectivity index (χ0) is 23.3. The molecule has 1 N–H and O–H groups in total. The van der Waals surface area contributed by atoms with Crippen LogP contribution in [-0.2, 0) is 22.7 Å². The lowest BCUT2D eigenvalue weighted by Crippen LogP contribution is -2.60. The number of anilines is 1. The molecule has 3 saturated heterocycles. The van der Waals surface area contributed by atoms with Crippen LogP contribution in [-0.4, -0.2) is 64.7 Å². The summed E-state index contributed by atoms with van der Waals surface area (Å²) in [6, 6.07) is 9.52. The van der Waals surface area contributed by atoms with Gasteiger partial charge in [-0.25, -0.2) is 0 Å². The lowest BCUT2D eigenvalue weighted by Gasteiger charge is -2.55. The Kier molecular flexibility index (Phi) is 5.13. The Morgan fingerprint density at radius 1 is 1.03 bits per heavy atom. The van der Waals surface area contributed by atoms with Gasteiger partial charge in [0.25, 0.3) is 5.91 Å². The Bertz CT molecular complexity index is 1130. The third kappa shape index (κ3) is 3.66. The molecule has 4 aliphatic heterocycles. The highest BCUT2D eigenvalue weighted by atomic mass is 16.2. The fraction of sp³-hybridized carbons (Fsp3) is 0.462. The van der Waals surface area contributed by atoms with Gasteiger partial charge in [0.1, 0.15) is 6.04 Å². The van der Waals surface area contributed by atoms with E-state index in [9.17, 15) is 14.4 Å². The Morgan fingerprint density at radius 3 is 2.53 bits per heavy atom. The van der Waals surface area contributed by atoms with E-state index in [0.717, 1.165) is 44.0 Å². The van der Waals surface area contributed by atoms with Crippen LogP contribution in [0.2, 0.25) is 0 Å². The molecule has 6 rings (SSSR count). The van der Waals surface area contributed by atoms with Gasteiger partial charge in [-0.3, -0.25) is 29.6 Å². The van der Waals surface area contributed by atoms with Gasteiger partial charge in [-0.2, -0.15) is 0 Å². The number of carbonyl (C=O) groups excluding carboxylic acids is 3. The first-order valence-electron chi connectivity index (χ1n) is 12.1. The zero-order valence-electron chi connectivity index (χ0n) is 19.2. The van der Waals surface area contributed by atoms with Crippen LogP contribution < -0.4 is 10.2 Å². The van der Waals surface area contributed by atoms with E-state index in [0.29, 0.717) is 23.9 Å². The van der Waals surface area contributed by atoms with Crippen molar-refractivity contribution >= 4 is 23.4 Å². The smallest absolute Gasteiger partial charge is 0.255 e. The molecule has 3 fully saturated rings. The minimum absolute atomic E-state index is 0.106. The maximum atomic E-state index is 13.1. The Labute approximate surface area is 198 Å². The number of fused-ring (bicyclic) bond motifs is 1. The van der Waals surface area contributed by atoms with Gasteiger partial charge in [0.05, 0.1) is 0 Å². The molecule has 4 aliphatic rings. The third-order valence-corrected chi connectivity index (χ3v) is 8.02. The molecule has 1 unspecified atom stereocenters. The maximum absolute atomic E-state index is 13.1. The molecule has 0 radical (unpaired) electrons. The number of nitrogens with one attached hydrogen (secondary N) is 1. The van der Waals surface area contributed by atoms with Crippen molar-refractivity contribution in [1.82, 2.24) is 20.1 Å². The van der Waals surface area contributed by atoms with Crippen LogP contribution in [0.15, 0.2) is 42.7 Å².